The summed E-state index contributed by atoms with van der Waals surface area (Å²) in [6, 6.07) is 0. The Morgan fingerprint density at radius 3 is 2.54 bits per heavy atom. The number of nitrogens with zero attached hydrogens (tertiary/aromatic N) is 2. The lowest BCUT2D eigenvalue weighted by Gasteiger charge is -2.06. The van der Waals surface area contributed by atoms with Crippen LogP contribution in [0.3, 0.4) is 0 Å². The fourth-order valence-electron chi connectivity index (χ4n) is 3.94. The maximum atomic E-state index is 13.1. The number of hydrogen-bond acceptors (Lipinski definition) is 6. The average molecular weight is 415 g/mol. The van der Waals surface area contributed by atoms with Crippen molar-refractivity contribution in [1.82, 2.24) is 9.97 Å². The van der Waals surface area contributed by atoms with Gasteiger partial charge in [-0.15, -0.1) is 22.7 Å². The van der Waals surface area contributed by atoms with Gasteiger partial charge in [0, 0.05) is 16.0 Å². The minimum atomic E-state index is -0.472. The zero-order valence-corrected chi connectivity index (χ0v) is 17.8. The molecular weight excluding hydrogens is 392 g/mol. The minimum Gasteiger partial charge on any atom is -0.365 e. The highest BCUT2D eigenvalue weighted by molar-refractivity contribution is 7.21. The van der Waals surface area contributed by atoms with E-state index < -0.39 is 5.91 Å². The first kappa shape index (κ1) is 19.0. The molecule has 28 heavy (non-hydrogen) atoms. The molecule has 0 radical (unpaired) electrons. The van der Waals surface area contributed by atoms with Gasteiger partial charge in [0.1, 0.15) is 15.7 Å². The molecule has 0 atom stereocenters. The van der Waals surface area contributed by atoms with Gasteiger partial charge in [-0.05, 0) is 57.6 Å². The number of carbonyl (C=O) groups excluding carboxylic acids is 2. The summed E-state index contributed by atoms with van der Waals surface area (Å²) in [5.41, 5.74) is 8.93. The van der Waals surface area contributed by atoms with Crippen molar-refractivity contribution in [2.75, 3.05) is 5.32 Å². The maximum absolute atomic E-state index is 13.1. The number of primary amides is 1. The summed E-state index contributed by atoms with van der Waals surface area (Å²) in [5.74, 6) is -0.00668. The molecule has 146 valence electrons. The number of amides is 2. The molecule has 0 saturated heterocycles. The van der Waals surface area contributed by atoms with Gasteiger partial charge in [-0.2, -0.15) is 0 Å². The van der Waals surface area contributed by atoms with Crippen LogP contribution < -0.4 is 11.1 Å². The van der Waals surface area contributed by atoms with Gasteiger partial charge in [0.2, 0.25) is 0 Å². The Morgan fingerprint density at radius 1 is 1.04 bits per heavy atom. The van der Waals surface area contributed by atoms with E-state index >= 15 is 0 Å². The van der Waals surface area contributed by atoms with Gasteiger partial charge in [0.05, 0.1) is 10.4 Å². The molecule has 0 unspecified atom stereocenters. The Balaban J connectivity index is 1.73. The molecule has 6 nitrogen and oxygen atoms in total. The van der Waals surface area contributed by atoms with Crippen LogP contribution in [0, 0.1) is 20.8 Å². The first-order chi connectivity index (χ1) is 13.4. The number of aromatic nitrogens is 2. The van der Waals surface area contributed by atoms with E-state index in [4.69, 9.17) is 5.73 Å². The van der Waals surface area contributed by atoms with Crippen molar-refractivity contribution in [3.05, 3.63) is 38.0 Å². The van der Waals surface area contributed by atoms with E-state index in [1.807, 2.05) is 20.8 Å². The summed E-state index contributed by atoms with van der Waals surface area (Å²) in [5, 5.41) is 4.46. The summed E-state index contributed by atoms with van der Waals surface area (Å²) < 4.78 is 0. The molecular formula is C20H22N4O2S2. The van der Waals surface area contributed by atoms with Crippen LogP contribution in [0.4, 0.5) is 5.00 Å². The molecule has 1 aliphatic rings. The number of rotatable bonds is 3. The van der Waals surface area contributed by atoms with Crippen molar-refractivity contribution in [1.29, 1.82) is 0 Å². The summed E-state index contributed by atoms with van der Waals surface area (Å²) in [4.78, 5) is 36.7. The lowest BCUT2D eigenvalue weighted by atomic mass is 10.1. The first-order valence-corrected chi connectivity index (χ1v) is 11.0. The van der Waals surface area contributed by atoms with Crippen LogP contribution in [0.15, 0.2) is 0 Å². The van der Waals surface area contributed by atoms with Crippen LogP contribution in [0.1, 0.15) is 66.8 Å². The number of nitrogens with two attached hydrogens (primary N) is 1. The molecule has 4 rings (SSSR count). The van der Waals surface area contributed by atoms with Crippen LogP contribution in [0.25, 0.3) is 10.2 Å². The second-order valence-corrected chi connectivity index (χ2v) is 9.28. The summed E-state index contributed by atoms with van der Waals surface area (Å²) in [6.07, 6.45) is 5.08. The normalized spacial score (nSPS) is 14.0. The predicted molar refractivity (Wildman–Crippen MR) is 114 cm³/mol. The third kappa shape index (κ3) is 3.20. The van der Waals surface area contributed by atoms with Crippen LogP contribution in [0.5, 0.6) is 0 Å². The Morgan fingerprint density at radius 2 is 1.79 bits per heavy atom. The van der Waals surface area contributed by atoms with Gasteiger partial charge in [0.15, 0.2) is 0 Å². The zero-order chi connectivity index (χ0) is 20.0. The molecule has 2 amide bonds. The van der Waals surface area contributed by atoms with Gasteiger partial charge in [0.25, 0.3) is 11.8 Å². The van der Waals surface area contributed by atoms with E-state index in [1.165, 1.54) is 27.6 Å². The van der Waals surface area contributed by atoms with Crippen molar-refractivity contribution in [3.63, 3.8) is 0 Å². The molecule has 3 heterocycles. The molecule has 0 spiro atoms. The number of fused-ring (bicyclic) bond motifs is 2. The number of carbonyl (C=O) groups is 2. The van der Waals surface area contributed by atoms with Gasteiger partial charge < -0.3 is 11.1 Å². The molecule has 3 aromatic rings. The molecule has 3 aromatic heterocycles. The lowest BCUT2D eigenvalue weighted by molar-refractivity contribution is 0.100. The minimum absolute atomic E-state index is 0.225. The molecule has 0 aliphatic heterocycles. The molecule has 0 bridgehead atoms. The van der Waals surface area contributed by atoms with Crippen LogP contribution in [-0.2, 0) is 12.8 Å². The number of anilines is 1. The fourth-order valence-corrected chi connectivity index (χ4v) is 6.40. The zero-order valence-electron chi connectivity index (χ0n) is 16.1. The monoisotopic (exact) mass is 414 g/mol. The van der Waals surface area contributed by atoms with Crippen molar-refractivity contribution in [2.45, 2.75) is 52.9 Å². The topological polar surface area (TPSA) is 98.0 Å². The third-order valence-electron chi connectivity index (χ3n) is 5.18. The van der Waals surface area contributed by atoms with E-state index in [2.05, 4.69) is 15.3 Å². The largest absolute Gasteiger partial charge is 0.365 e. The molecule has 1 aliphatic carbocycles. The summed E-state index contributed by atoms with van der Waals surface area (Å²) in [6.45, 7) is 5.69. The van der Waals surface area contributed by atoms with Gasteiger partial charge in [-0.3, -0.25) is 9.59 Å². The second-order valence-electron chi connectivity index (χ2n) is 7.18. The second kappa shape index (κ2) is 7.25. The number of hydrogen-bond donors (Lipinski definition) is 2. The van der Waals surface area contributed by atoms with E-state index in [0.717, 1.165) is 59.1 Å². The van der Waals surface area contributed by atoms with Crippen molar-refractivity contribution < 1.29 is 9.59 Å². The van der Waals surface area contributed by atoms with Gasteiger partial charge in [-0.1, -0.05) is 6.42 Å². The average Bonchev–Trinajstić information content (AvgIpc) is 3.03. The van der Waals surface area contributed by atoms with Crippen LogP contribution in [0.2, 0.25) is 0 Å². The van der Waals surface area contributed by atoms with Crippen LogP contribution >= 0.6 is 22.7 Å². The standard InChI is InChI=1S/C20H22N4O2S2/c1-9-14-10(2)22-11(3)23-19(14)28-16(9)18(26)24-20-15(17(21)25)12-7-5-4-6-8-13(12)27-20/h4-8H2,1-3H3,(H2,21,25)(H,24,26). The first-order valence-electron chi connectivity index (χ1n) is 9.36. The third-order valence-corrected chi connectivity index (χ3v) is 7.58. The SMILES string of the molecule is Cc1nc(C)c2c(C)c(C(=O)Nc3sc4c(c3C(N)=O)CCCCC4)sc2n1. The Hall–Kier alpha value is -2.32. The molecule has 3 N–H and O–H groups in total. The van der Waals surface area contributed by atoms with E-state index in [-0.39, 0.29) is 5.91 Å². The quantitative estimate of drug-likeness (QED) is 0.624. The highest BCUT2D eigenvalue weighted by Crippen LogP contribution is 2.38. The van der Waals surface area contributed by atoms with E-state index in [9.17, 15) is 9.59 Å². The molecule has 0 aromatic carbocycles. The Labute approximate surface area is 171 Å². The van der Waals surface area contributed by atoms with Crippen LogP contribution in [-0.4, -0.2) is 21.8 Å². The maximum Gasteiger partial charge on any atom is 0.266 e. The van der Waals surface area contributed by atoms with Crippen molar-refractivity contribution in [3.8, 4) is 0 Å². The number of thiophene rings is 2. The van der Waals surface area contributed by atoms with Gasteiger partial charge >= 0.3 is 0 Å². The lowest BCUT2D eigenvalue weighted by Crippen LogP contribution is -2.18. The molecule has 8 heteroatoms. The summed E-state index contributed by atoms with van der Waals surface area (Å²) >= 11 is 2.85. The van der Waals surface area contributed by atoms with Crippen molar-refractivity contribution >= 4 is 49.7 Å². The highest BCUT2D eigenvalue weighted by atomic mass is 32.1. The summed E-state index contributed by atoms with van der Waals surface area (Å²) in [7, 11) is 0. The van der Waals surface area contributed by atoms with E-state index in [0.29, 0.717) is 21.3 Å². The number of nitrogens with one attached hydrogen (secondary N) is 1. The Kier molecular flexibility index (Phi) is 4.93. The van der Waals surface area contributed by atoms with E-state index in [1.54, 1.807) is 0 Å². The molecule has 0 saturated carbocycles. The van der Waals surface area contributed by atoms with Gasteiger partial charge in [-0.25, -0.2) is 9.97 Å². The fraction of sp³-hybridized carbons (Fsp3) is 0.400. The van der Waals surface area contributed by atoms with Crippen molar-refractivity contribution in [2.24, 2.45) is 5.73 Å². The highest BCUT2D eigenvalue weighted by Gasteiger charge is 2.26. The molecule has 0 fully saturated rings. The Bertz CT molecular complexity index is 1110. The smallest absolute Gasteiger partial charge is 0.266 e. The predicted octanol–water partition coefficient (Wildman–Crippen LogP) is 4.30. The number of aryl methyl sites for hydroxylation is 4.